The van der Waals surface area contributed by atoms with Gasteiger partial charge >= 0.3 is 0 Å². The van der Waals surface area contributed by atoms with Crippen molar-refractivity contribution in [1.29, 1.82) is 0 Å². The van der Waals surface area contributed by atoms with Crippen LogP contribution in [0.2, 0.25) is 0 Å². The van der Waals surface area contributed by atoms with Crippen LogP contribution in [0.1, 0.15) is 18.4 Å². The number of likely N-dealkylation sites (tertiary alicyclic amines) is 1. The first kappa shape index (κ1) is 16.4. The Bertz CT molecular complexity index is 616. The minimum absolute atomic E-state index is 0.0320. The molecule has 0 radical (unpaired) electrons. The van der Waals surface area contributed by atoms with E-state index < -0.39 is 9.84 Å². The van der Waals surface area contributed by atoms with Gasteiger partial charge in [-0.1, -0.05) is 24.4 Å². The smallest absolute Gasteiger partial charge is 0.179 e. The van der Waals surface area contributed by atoms with Crippen LogP contribution in [0.15, 0.2) is 29.2 Å². The van der Waals surface area contributed by atoms with Crippen LogP contribution < -0.4 is 5.73 Å². The summed E-state index contributed by atoms with van der Waals surface area (Å²) in [5, 5.41) is 9.26. The maximum absolute atomic E-state index is 12.4. The molecule has 1 fully saturated rings. The van der Waals surface area contributed by atoms with E-state index in [0.29, 0.717) is 12.1 Å². The summed E-state index contributed by atoms with van der Waals surface area (Å²) >= 11 is 4.87. The van der Waals surface area contributed by atoms with Gasteiger partial charge in [0.2, 0.25) is 0 Å². The molecule has 1 unspecified atom stereocenters. The third-order valence-corrected chi connectivity index (χ3v) is 5.76. The van der Waals surface area contributed by atoms with Crippen molar-refractivity contribution >= 4 is 27.0 Å². The number of aliphatic hydroxyl groups excluding tert-OH is 1. The van der Waals surface area contributed by atoms with Crippen LogP contribution >= 0.6 is 12.2 Å². The number of nitrogens with two attached hydrogens (primary N) is 1. The lowest BCUT2D eigenvalue weighted by Crippen LogP contribution is -2.35. The van der Waals surface area contributed by atoms with Crippen molar-refractivity contribution in [2.24, 2.45) is 5.73 Å². The van der Waals surface area contributed by atoms with Crippen LogP contribution in [0, 0.1) is 0 Å². The van der Waals surface area contributed by atoms with Gasteiger partial charge in [0.25, 0.3) is 0 Å². The molecular formula is C14H20N2O3S2. The zero-order valence-electron chi connectivity index (χ0n) is 11.7. The molecule has 116 valence electrons. The van der Waals surface area contributed by atoms with Crippen LogP contribution in [-0.2, 0) is 9.84 Å². The van der Waals surface area contributed by atoms with Gasteiger partial charge in [0.15, 0.2) is 9.84 Å². The Morgan fingerprint density at radius 1 is 1.48 bits per heavy atom. The predicted octanol–water partition coefficient (Wildman–Crippen LogP) is 0.551. The molecule has 0 bridgehead atoms. The number of nitrogens with zero attached hydrogens (tertiary/aromatic N) is 1. The van der Waals surface area contributed by atoms with Crippen molar-refractivity contribution in [2.75, 3.05) is 25.4 Å². The van der Waals surface area contributed by atoms with Gasteiger partial charge in [-0.3, -0.25) is 4.90 Å². The van der Waals surface area contributed by atoms with Gasteiger partial charge in [-0.25, -0.2) is 8.42 Å². The fraction of sp³-hybridized carbons (Fsp3) is 0.500. The summed E-state index contributed by atoms with van der Waals surface area (Å²) in [5.74, 6) is 0.0320. The largest absolute Gasteiger partial charge is 0.395 e. The van der Waals surface area contributed by atoms with Crippen molar-refractivity contribution in [3.05, 3.63) is 29.8 Å². The number of hydrogen-bond acceptors (Lipinski definition) is 5. The third-order valence-electron chi connectivity index (χ3n) is 3.83. The number of thiocarbonyl (C=S) groups is 1. The van der Waals surface area contributed by atoms with E-state index in [1.165, 1.54) is 6.07 Å². The van der Waals surface area contributed by atoms with E-state index in [1.54, 1.807) is 18.2 Å². The Labute approximate surface area is 130 Å². The molecule has 1 aromatic rings. The van der Waals surface area contributed by atoms with Crippen LogP contribution in [0.4, 0.5) is 0 Å². The lowest BCUT2D eigenvalue weighted by molar-refractivity contribution is 0.165. The van der Waals surface area contributed by atoms with Gasteiger partial charge in [0.05, 0.1) is 17.3 Å². The molecule has 1 aliphatic rings. The van der Waals surface area contributed by atoms with Crippen molar-refractivity contribution in [1.82, 2.24) is 4.90 Å². The molecule has 0 aromatic heterocycles. The van der Waals surface area contributed by atoms with Crippen LogP contribution in [-0.4, -0.2) is 54.9 Å². The summed E-state index contributed by atoms with van der Waals surface area (Å²) in [6, 6.07) is 6.51. The lowest BCUT2D eigenvalue weighted by atomic mass is 10.2. The second-order valence-corrected chi connectivity index (χ2v) is 7.77. The van der Waals surface area contributed by atoms with Crippen molar-refractivity contribution in [3.63, 3.8) is 0 Å². The number of rotatable bonds is 6. The van der Waals surface area contributed by atoms with E-state index in [4.69, 9.17) is 18.0 Å². The Morgan fingerprint density at radius 2 is 2.24 bits per heavy atom. The summed E-state index contributed by atoms with van der Waals surface area (Å²) in [4.78, 5) is 2.47. The average molecular weight is 328 g/mol. The highest BCUT2D eigenvalue weighted by atomic mass is 32.2. The van der Waals surface area contributed by atoms with Gasteiger partial charge in [-0.05, 0) is 31.5 Å². The first-order valence-corrected chi connectivity index (χ1v) is 8.97. The number of benzene rings is 1. The predicted molar refractivity (Wildman–Crippen MR) is 86.1 cm³/mol. The first-order valence-electron chi connectivity index (χ1n) is 6.91. The van der Waals surface area contributed by atoms with Crippen molar-refractivity contribution in [2.45, 2.75) is 23.8 Å². The van der Waals surface area contributed by atoms with Crippen LogP contribution in [0.5, 0.6) is 0 Å². The quantitative estimate of drug-likeness (QED) is 0.742. The molecule has 1 saturated heterocycles. The highest BCUT2D eigenvalue weighted by molar-refractivity contribution is 7.91. The summed E-state index contributed by atoms with van der Waals surface area (Å²) in [7, 11) is -3.37. The number of aliphatic hydroxyl groups is 1. The zero-order valence-corrected chi connectivity index (χ0v) is 13.4. The number of hydrogen-bond donors (Lipinski definition) is 2. The minimum Gasteiger partial charge on any atom is -0.395 e. The van der Waals surface area contributed by atoms with Gasteiger partial charge < -0.3 is 10.8 Å². The van der Waals surface area contributed by atoms with Gasteiger partial charge in [0, 0.05) is 18.2 Å². The Hall–Kier alpha value is -1.02. The molecule has 0 aliphatic carbocycles. The van der Waals surface area contributed by atoms with Crippen LogP contribution in [0.25, 0.3) is 0 Å². The maximum Gasteiger partial charge on any atom is 0.179 e. The van der Waals surface area contributed by atoms with E-state index in [9.17, 15) is 13.5 Å². The molecule has 0 saturated carbocycles. The molecule has 21 heavy (non-hydrogen) atoms. The molecule has 7 heteroatoms. The zero-order chi connectivity index (χ0) is 15.5. The molecule has 0 spiro atoms. The summed E-state index contributed by atoms with van der Waals surface area (Å²) in [6.07, 6.45) is 1.93. The molecule has 0 amide bonds. The maximum atomic E-state index is 12.4. The standard InChI is InChI=1S/C14H20N2O3S2/c15-14(20)11-3-1-5-13(9-11)21(18,19)8-7-16-6-2-4-12(16)10-17/h1,3,5,9,12,17H,2,4,6-8,10H2,(H2,15,20). The first-order chi connectivity index (χ1) is 9.94. The molecule has 1 atom stereocenters. The third kappa shape index (κ3) is 4.00. The monoisotopic (exact) mass is 328 g/mol. The van der Waals surface area contributed by atoms with Crippen molar-refractivity contribution < 1.29 is 13.5 Å². The van der Waals surface area contributed by atoms with E-state index in [0.717, 1.165) is 19.4 Å². The molecule has 1 aliphatic heterocycles. The second-order valence-electron chi connectivity index (χ2n) is 5.23. The van der Waals surface area contributed by atoms with E-state index in [1.807, 2.05) is 4.90 Å². The molecule has 1 aromatic carbocycles. The highest BCUT2D eigenvalue weighted by Gasteiger charge is 2.25. The molecular weight excluding hydrogens is 308 g/mol. The van der Waals surface area contributed by atoms with Gasteiger partial charge in [-0.2, -0.15) is 0 Å². The fourth-order valence-electron chi connectivity index (χ4n) is 2.59. The highest BCUT2D eigenvalue weighted by Crippen LogP contribution is 2.18. The normalized spacial score (nSPS) is 19.8. The number of sulfone groups is 1. The molecule has 1 heterocycles. The summed E-state index contributed by atoms with van der Waals surface area (Å²) in [6.45, 7) is 1.36. The van der Waals surface area contributed by atoms with Crippen LogP contribution in [0.3, 0.4) is 0 Å². The Kier molecular flexibility index (Phi) is 5.32. The van der Waals surface area contributed by atoms with E-state index >= 15 is 0 Å². The Morgan fingerprint density at radius 3 is 2.90 bits per heavy atom. The average Bonchev–Trinajstić information content (AvgIpc) is 2.93. The Balaban J connectivity index is 2.08. The lowest BCUT2D eigenvalue weighted by Gasteiger charge is -2.22. The molecule has 3 N–H and O–H groups in total. The molecule has 2 rings (SSSR count). The van der Waals surface area contributed by atoms with Crippen molar-refractivity contribution in [3.8, 4) is 0 Å². The molecule has 5 nitrogen and oxygen atoms in total. The topological polar surface area (TPSA) is 83.6 Å². The van der Waals surface area contributed by atoms with E-state index in [-0.39, 0.29) is 28.3 Å². The summed E-state index contributed by atoms with van der Waals surface area (Å²) < 4.78 is 24.8. The van der Waals surface area contributed by atoms with Gasteiger partial charge in [-0.15, -0.1) is 0 Å². The minimum atomic E-state index is -3.37. The summed E-state index contributed by atoms with van der Waals surface area (Å²) in [5.41, 5.74) is 6.09. The van der Waals surface area contributed by atoms with E-state index in [2.05, 4.69) is 0 Å². The SMILES string of the molecule is NC(=S)c1cccc(S(=O)(=O)CCN2CCCC2CO)c1. The second kappa shape index (κ2) is 6.83. The fourth-order valence-corrected chi connectivity index (χ4v) is 4.02. The van der Waals surface area contributed by atoms with Gasteiger partial charge in [0.1, 0.15) is 4.99 Å².